The zero-order chi connectivity index (χ0) is 8.10. The average Bonchev–Trinajstić information content (AvgIpc) is 2.03. The van der Waals surface area contributed by atoms with Crippen molar-refractivity contribution in [1.82, 2.24) is 0 Å². The van der Waals surface area contributed by atoms with Crippen LogP contribution in [0.4, 0.5) is 0 Å². The minimum Gasteiger partial charge on any atom is -0.463 e. The number of para-hydroxylation sites is 1. The van der Waals surface area contributed by atoms with Crippen molar-refractivity contribution in [2.45, 2.75) is 6.92 Å². The number of rotatable bonds is 2. The molecule has 2 heteroatoms. The Hall–Kier alpha value is -1.44. The first-order valence-corrected chi connectivity index (χ1v) is 3.43. The van der Waals surface area contributed by atoms with E-state index in [1.165, 1.54) is 6.26 Å². The fourth-order valence-corrected chi connectivity index (χ4v) is 0.660. The first-order chi connectivity index (χ1) is 5.29. The molecule has 0 radical (unpaired) electrons. The Labute approximate surface area is 66.3 Å². The van der Waals surface area contributed by atoms with Gasteiger partial charge in [-0.3, -0.25) is 0 Å². The first kappa shape index (κ1) is 7.66. The number of nitrogens with two attached hydrogens (primary N) is 1. The molecule has 1 rings (SSSR count). The molecule has 0 aliphatic carbocycles. The number of benzene rings is 1. The smallest absolute Gasteiger partial charge is 0.126 e. The predicted octanol–water partition coefficient (Wildman–Crippen LogP) is 1.89. The normalized spacial score (nSPS) is 11.2. The van der Waals surface area contributed by atoms with Crippen molar-refractivity contribution < 1.29 is 4.74 Å². The predicted molar refractivity (Wildman–Crippen MR) is 45.0 cm³/mol. The lowest BCUT2D eigenvalue weighted by Crippen LogP contribution is -1.93. The average molecular weight is 149 g/mol. The van der Waals surface area contributed by atoms with Gasteiger partial charge in [0.2, 0.25) is 0 Å². The molecule has 0 aliphatic heterocycles. The largest absolute Gasteiger partial charge is 0.463 e. The standard InChI is InChI=1S/C9H11NO/c1-8(10)7-11-9-5-3-2-4-6-9/h2-7H,10H2,1H3. The highest BCUT2D eigenvalue weighted by atomic mass is 16.5. The maximum absolute atomic E-state index is 5.38. The molecule has 1 aromatic carbocycles. The molecule has 0 aromatic heterocycles. The molecule has 1 aromatic rings. The summed E-state index contributed by atoms with van der Waals surface area (Å²) in [6, 6.07) is 9.51. The van der Waals surface area contributed by atoms with E-state index in [2.05, 4.69) is 0 Å². The summed E-state index contributed by atoms with van der Waals surface area (Å²) >= 11 is 0. The van der Waals surface area contributed by atoms with E-state index in [1.807, 2.05) is 30.3 Å². The lowest BCUT2D eigenvalue weighted by molar-refractivity contribution is 0.475. The lowest BCUT2D eigenvalue weighted by atomic mass is 10.3. The summed E-state index contributed by atoms with van der Waals surface area (Å²) in [5.74, 6) is 0.803. The Morgan fingerprint density at radius 2 is 2.00 bits per heavy atom. The second-order valence-electron chi connectivity index (χ2n) is 2.29. The zero-order valence-electron chi connectivity index (χ0n) is 6.45. The monoisotopic (exact) mass is 149 g/mol. The molecule has 0 amide bonds. The molecule has 0 aliphatic rings. The molecule has 0 atom stereocenters. The highest BCUT2D eigenvalue weighted by molar-refractivity contribution is 5.22. The van der Waals surface area contributed by atoms with Crippen molar-refractivity contribution in [3.8, 4) is 5.75 Å². The van der Waals surface area contributed by atoms with Gasteiger partial charge in [0.1, 0.15) is 12.0 Å². The number of allylic oxidation sites excluding steroid dienone is 1. The molecular weight excluding hydrogens is 138 g/mol. The van der Waals surface area contributed by atoms with E-state index >= 15 is 0 Å². The third-order valence-corrected chi connectivity index (χ3v) is 1.12. The molecule has 0 fully saturated rings. The van der Waals surface area contributed by atoms with Crippen LogP contribution < -0.4 is 10.5 Å². The van der Waals surface area contributed by atoms with Crippen LogP contribution in [0.3, 0.4) is 0 Å². The lowest BCUT2D eigenvalue weighted by Gasteiger charge is -1.98. The third kappa shape index (κ3) is 2.76. The fraction of sp³-hybridized carbons (Fsp3) is 0.111. The van der Waals surface area contributed by atoms with Crippen molar-refractivity contribution >= 4 is 0 Å². The van der Waals surface area contributed by atoms with E-state index in [0.717, 1.165) is 5.75 Å². The maximum atomic E-state index is 5.38. The third-order valence-electron chi connectivity index (χ3n) is 1.12. The fourth-order valence-electron chi connectivity index (χ4n) is 0.660. The second kappa shape index (κ2) is 3.66. The zero-order valence-corrected chi connectivity index (χ0v) is 6.45. The molecule has 0 bridgehead atoms. The summed E-state index contributed by atoms with van der Waals surface area (Å²) in [5, 5.41) is 0. The molecule has 0 saturated heterocycles. The van der Waals surface area contributed by atoms with Crippen LogP contribution in [0.2, 0.25) is 0 Å². The summed E-state index contributed by atoms with van der Waals surface area (Å²) < 4.78 is 5.18. The Kier molecular flexibility index (Phi) is 2.55. The van der Waals surface area contributed by atoms with E-state index in [0.29, 0.717) is 5.70 Å². The molecule has 2 N–H and O–H groups in total. The van der Waals surface area contributed by atoms with Crippen LogP contribution in [0.15, 0.2) is 42.3 Å². The summed E-state index contributed by atoms with van der Waals surface area (Å²) in [6.07, 6.45) is 1.52. The maximum Gasteiger partial charge on any atom is 0.126 e. The molecule has 11 heavy (non-hydrogen) atoms. The van der Waals surface area contributed by atoms with Gasteiger partial charge < -0.3 is 10.5 Å². The van der Waals surface area contributed by atoms with E-state index < -0.39 is 0 Å². The number of hydrogen-bond acceptors (Lipinski definition) is 2. The SMILES string of the molecule is CC(N)=COc1ccccc1. The first-order valence-electron chi connectivity index (χ1n) is 3.43. The van der Waals surface area contributed by atoms with Crippen LogP contribution in [-0.4, -0.2) is 0 Å². The van der Waals surface area contributed by atoms with Gasteiger partial charge in [0.15, 0.2) is 0 Å². The van der Waals surface area contributed by atoms with Gasteiger partial charge in [-0.25, -0.2) is 0 Å². The van der Waals surface area contributed by atoms with Crippen molar-refractivity contribution in [1.29, 1.82) is 0 Å². The van der Waals surface area contributed by atoms with Gasteiger partial charge in [-0.05, 0) is 19.1 Å². The van der Waals surface area contributed by atoms with Gasteiger partial charge in [-0.1, -0.05) is 18.2 Å². The van der Waals surface area contributed by atoms with Crippen LogP contribution in [0.1, 0.15) is 6.92 Å². The van der Waals surface area contributed by atoms with E-state index in [1.54, 1.807) is 6.92 Å². The molecule has 2 nitrogen and oxygen atoms in total. The van der Waals surface area contributed by atoms with Crippen LogP contribution in [0, 0.1) is 0 Å². The Balaban J connectivity index is 2.59. The van der Waals surface area contributed by atoms with Gasteiger partial charge in [-0.2, -0.15) is 0 Å². The summed E-state index contributed by atoms with van der Waals surface area (Å²) in [7, 11) is 0. The van der Waals surface area contributed by atoms with Crippen LogP contribution in [0.5, 0.6) is 5.75 Å². The number of ether oxygens (including phenoxy) is 1. The van der Waals surface area contributed by atoms with Crippen molar-refractivity contribution in [3.63, 3.8) is 0 Å². The molecule has 58 valence electrons. The van der Waals surface area contributed by atoms with Crippen molar-refractivity contribution in [2.24, 2.45) is 5.73 Å². The van der Waals surface area contributed by atoms with E-state index in [-0.39, 0.29) is 0 Å². The molecule has 0 spiro atoms. The van der Waals surface area contributed by atoms with Crippen molar-refractivity contribution in [2.75, 3.05) is 0 Å². The van der Waals surface area contributed by atoms with Gasteiger partial charge in [0.25, 0.3) is 0 Å². The Morgan fingerprint density at radius 1 is 1.36 bits per heavy atom. The second-order valence-corrected chi connectivity index (χ2v) is 2.29. The van der Waals surface area contributed by atoms with Crippen LogP contribution >= 0.6 is 0 Å². The minimum atomic E-state index is 0.661. The van der Waals surface area contributed by atoms with Crippen LogP contribution in [-0.2, 0) is 0 Å². The van der Waals surface area contributed by atoms with Gasteiger partial charge >= 0.3 is 0 Å². The minimum absolute atomic E-state index is 0.661. The number of hydrogen-bond donors (Lipinski definition) is 1. The Bertz CT molecular complexity index is 237. The van der Waals surface area contributed by atoms with Crippen LogP contribution in [0.25, 0.3) is 0 Å². The van der Waals surface area contributed by atoms with Gasteiger partial charge in [0, 0.05) is 5.70 Å². The summed E-state index contributed by atoms with van der Waals surface area (Å²) in [4.78, 5) is 0. The van der Waals surface area contributed by atoms with Gasteiger partial charge in [-0.15, -0.1) is 0 Å². The van der Waals surface area contributed by atoms with Crippen molar-refractivity contribution in [3.05, 3.63) is 42.3 Å². The molecule has 0 heterocycles. The topological polar surface area (TPSA) is 35.2 Å². The Morgan fingerprint density at radius 3 is 2.55 bits per heavy atom. The van der Waals surface area contributed by atoms with E-state index in [4.69, 9.17) is 10.5 Å². The highest BCUT2D eigenvalue weighted by Gasteiger charge is 1.85. The summed E-state index contributed by atoms with van der Waals surface area (Å²) in [6.45, 7) is 1.78. The summed E-state index contributed by atoms with van der Waals surface area (Å²) in [5.41, 5.74) is 6.04. The molecule has 0 unspecified atom stereocenters. The van der Waals surface area contributed by atoms with Gasteiger partial charge in [0.05, 0.1) is 0 Å². The quantitative estimate of drug-likeness (QED) is 0.651. The highest BCUT2D eigenvalue weighted by Crippen LogP contribution is 2.08. The van der Waals surface area contributed by atoms with E-state index in [9.17, 15) is 0 Å². The molecular formula is C9H11NO. The molecule has 0 saturated carbocycles.